The molecule has 0 radical (unpaired) electrons. The van der Waals surface area contributed by atoms with Crippen molar-refractivity contribution in [1.82, 2.24) is 0 Å². The fraction of sp³-hybridized carbons (Fsp3) is 0.421. The number of carbonyl (C=O) groups excluding carboxylic acids is 1. The number of rotatable bonds is 8. The molecule has 0 atom stereocenters. The zero-order valence-corrected chi connectivity index (χ0v) is 16.1. The molecular formula is C19H25O5P. The molecule has 136 valence electrons. The summed E-state index contributed by atoms with van der Waals surface area (Å²) < 4.78 is 30.2. The Morgan fingerprint density at radius 3 is 2.12 bits per heavy atom. The summed E-state index contributed by atoms with van der Waals surface area (Å²) in [6.07, 6.45) is 0. The van der Waals surface area contributed by atoms with Crippen LogP contribution in [0.4, 0.5) is 0 Å². The van der Waals surface area contributed by atoms with Crippen LogP contribution in [0, 0.1) is 0 Å². The molecule has 0 spiro atoms. The second-order valence-electron chi connectivity index (χ2n) is 5.68. The summed E-state index contributed by atoms with van der Waals surface area (Å²) >= 11 is 0. The van der Waals surface area contributed by atoms with E-state index in [-0.39, 0.29) is 25.6 Å². The first-order valence-electron chi connectivity index (χ1n) is 8.41. The summed E-state index contributed by atoms with van der Waals surface area (Å²) in [7, 11) is -3.54. The molecule has 0 unspecified atom stereocenters. The number of carbonyl (C=O) groups is 1. The van der Waals surface area contributed by atoms with Gasteiger partial charge < -0.3 is 13.8 Å². The maximum Gasteiger partial charge on any atom is 0.362 e. The molecule has 0 aromatic heterocycles. The molecule has 25 heavy (non-hydrogen) atoms. The van der Waals surface area contributed by atoms with Gasteiger partial charge in [0.05, 0.1) is 31.7 Å². The average Bonchev–Trinajstić information content (AvgIpc) is 3.06. The van der Waals surface area contributed by atoms with Crippen molar-refractivity contribution in [1.29, 1.82) is 0 Å². The third-order valence-electron chi connectivity index (χ3n) is 4.01. The Morgan fingerprint density at radius 1 is 1.04 bits per heavy atom. The summed E-state index contributed by atoms with van der Waals surface area (Å²) in [4.78, 5) is 11.9. The third kappa shape index (κ3) is 4.36. The Morgan fingerprint density at radius 2 is 1.60 bits per heavy atom. The first-order chi connectivity index (χ1) is 11.9. The topological polar surface area (TPSA) is 61.8 Å². The lowest BCUT2D eigenvalue weighted by Crippen LogP contribution is -2.05. The van der Waals surface area contributed by atoms with E-state index in [2.05, 4.69) is 0 Å². The van der Waals surface area contributed by atoms with E-state index in [9.17, 15) is 9.36 Å². The van der Waals surface area contributed by atoms with Crippen LogP contribution in [0.25, 0.3) is 5.31 Å². The summed E-state index contributed by atoms with van der Waals surface area (Å²) in [6.45, 7) is 8.04. The van der Waals surface area contributed by atoms with Gasteiger partial charge in [0.25, 0.3) is 0 Å². The number of hydrogen-bond donors (Lipinski definition) is 0. The summed E-state index contributed by atoms with van der Waals surface area (Å²) in [6, 6.07) is 9.37. The minimum absolute atomic E-state index is 0.0399. The zero-order chi connectivity index (χ0) is 18.4. The van der Waals surface area contributed by atoms with Crippen molar-refractivity contribution < 1.29 is 23.1 Å². The minimum Gasteiger partial charge on any atom is -0.372 e. The predicted octanol–water partition coefficient (Wildman–Crippen LogP) is 4.60. The second kappa shape index (κ2) is 8.72. The van der Waals surface area contributed by atoms with Crippen LogP contribution in [0.5, 0.6) is 0 Å². The van der Waals surface area contributed by atoms with E-state index in [0.29, 0.717) is 17.5 Å². The van der Waals surface area contributed by atoms with Crippen molar-refractivity contribution in [2.75, 3.05) is 26.4 Å². The molecule has 1 aliphatic heterocycles. The Kier molecular flexibility index (Phi) is 6.91. The fourth-order valence-electron chi connectivity index (χ4n) is 2.90. The Hall–Kier alpha value is -1.52. The second-order valence-corrected chi connectivity index (χ2v) is 7.64. The van der Waals surface area contributed by atoms with Crippen LogP contribution < -0.4 is 0 Å². The van der Waals surface area contributed by atoms with Gasteiger partial charge in [-0.2, -0.15) is 0 Å². The van der Waals surface area contributed by atoms with Crippen molar-refractivity contribution in [3.63, 3.8) is 0 Å². The van der Waals surface area contributed by atoms with E-state index in [4.69, 9.17) is 13.8 Å². The quantitative estimate of drug-likeness (QED) is 0.631. The number of Topliss-reactive ketones (excluding diaryl/α,β-unsaturated/α-hetero) is 1. The Balaban J connectivity index is 2.73. The monoisotopic (exact) mass is 364 g/mol. The summed E-state index contributed by atoms with van der Waals surface area (Å²) in [5.41, 5.74) is 2.86. The maximum atomic E-state index is 13.5. The van der Waals surface area contributed by atoms with Crippen molar-refractivity contribution in [2.24, 2.45) is 0 Å². The summed E-state index contributed by atoms with van der Waals surface area (Å²) in [5, 5.41) is 0.496. The highest BCUT2D eigenvalue weighted by Crippen LogP contribution is 2.62. The number of hydrogen-bond acceptors (Lipinski definition) is 5. The van der Waals surface area contributed by atoms with Gasteiger partial charge >= 0.3 is 7.60 Å². The van der Waals surface area contributed by atoms with E-state index in [0.717, 1.165) is 16.7 Å². The highest BCUT2D eigenvalue weighted by molar-refractivity contribution is 7.65. The number of benzene rings is 1. The molecule has 0 saturated heterocycles. The van der Waals surface area contributed by atoms with Crippen LogP contribution in [-0.2, 0) is 23.1 Å². The molecule has 0 bridgehead atoms. The highest BCUT2D eigenvalue weighted by Gasteiger charge is 2.35. The van der Waals surface area contributed by atoms with Gasteiger partial charge in [-0.15, -0.1) is 0 Å². The van der Waals surface area contributed by atoms with Crippen LogP contribution >= 0.6 is 7.60 Å². The molecule has 6 heteroatoms. The van der Waals surface area contributed by atoms with Gasteiger partial charge in [0.2, 0.25) is 0 Å². The number of ketones is 1. The van der Waals surface area contributed by atoms with Gasteiger partial charge in [-0.3, -0.25) is 9.36 Å². The van der Waals surface area contributed by atoms with E-state index in [1.807, 2.05) is 37.3 Å². The molecule has 1 aromatic rings. The fourth-order valence-corrected chi connectivity index (χ4v) is 4.93. The van der Waals surface area contributed by atoms with Gasteiger partial charge in [0.15, 0.2) is 5.78 Å². The molecular weight excluding hydrogens is 339 g/mol. The highest BCUT2D eigenvalue weighted by atomic mass is 31.2. The molecule has 0 amide bonds. The molecule has 0 fully saturated rings. The van der Waals surface area contributed by atoms with Crippen LogP contribution in [0.15, 0.2) is 47.1 Å². The van der Waals surface area contributed by atoms with Gasteiger partial charge in [0.1, 0.15) is 0 Å². The first kappa shape index (κ1) is 19.8. The Labute approximate surface area is 149 Å². The molecule has 2 rings (SSSR count). The molecule has 0 saturated carbocycles. The SMILES string of the molecule is CCOP(=O)(OCC)/C(=C(/C)C1=C(C(C)=O)COC1)c1ccccc1. The van der Waals surface area contributed by atoms with E-state index < -0.39 is 7.60 Å². The first-order valence-corrected chi connectivity index (χ1v) is 9.95. The smallest absolute Gasteiger partial charge is 0.362 e. The van der Waals surface area contributed by atoms with E-state index in [1.54, 1.807) is 13.8 Å². The Bertz CT molecular complexity index is 723. The normalized spacial score (nSPS) is 16.2. The van der Waals surface area contributed by atoms with Crippen molar-refractivity contribution in [3.8, 4) is 0 Å². The number of ether oxygens (including phenoxy) is 1. The van der Waals surface area contributed by atoms with E-state index >= 15 is 0 Å². The van der Waals surface area contributed by atoms with Crippen LogP contribution in [0.2, 0.25) is 0 Å². The van der Waals surface area contributed by atoms with Gasteiger partial charge in [-0.25, -0.2) is 0 Å². The zero-order valence-electron chi connectivity index (χ0n) is 15.2. The van der Waals surface area contributed by atoms with Crippen LogP contribution in [0.1, 0.15) is 33.3 Å². The molecule has 1 heterocycles. The largest absolute Gasteiger partial charge is 0.372 e. The van der Waals surface area contributed by atoms with Crippen molar-refractivity contribution in [2.45, 2.75) is 27.7 Å². The van der Waals surface area contributed by atoms with E-state index in [1.165, 1.54) is 6.92 Å². The lowest BCUT2D eigenvalue weighted by atomic mass is 9.99. The predicted molar refractivity (Wildman–Crippen MR) is 98.4 cm³/mol. The average molecular weight is 364 g/mol. The molecule has 1 aliphatic rings. The maximum absolute atomic E-state index is 13.5. The van der Waals surface area contributed by atoms with Crippen LogP contribution in [0.3, 0.4) is 0 Å². The van der Waals surface area contributed by atoms with Gasteiger partial charge in [0, 0.05) is 5.57 Å². The third-order valence-corrected chi connectivity index (χ3v) is 6.35. The minimum atomic E-state index is -3.54. The lowest BCUT2D eigenvalue weighted by molar-refractivity contribution is -0.113. The molecule has 1 aromatic carbocycles. The molecule has 0 aliphatic carbocycles. The standard InChI is InChI=1S/C19H25O5P/c1-5-23-25(21,24-6-2)19(16-10-8-7-9-11-16)14(3)17-12-22-13-18(17)15(4)20/h7-11H,5-6,12-13H2,1-4H3/b19-14-. The summed E-state index contributed by atoms with van der Waals surface area (Å²) in [5.74, 6) is -0.0399. The van der Waals surface area contributed by atoms with Crippen molar-refractivity contribution in [3.05, 3.63) is 52.6 Å². The van der Waals surface area contributed by atoms with Crippen LogP contribution in [-0.4, -0.2) is 32.2 Å². The van der Waals surface area contributed by atoms with Gasteiger partial charge in [-0.1, -0.05) is 30.3 Å². The van der Waals surface area contributed by atoms with Crippen molar-refractivity contribution >= 4 is 18.7 Å². The van der Waals surface area contributed by atoms with Gasteiger partial charge in [-0.05, 0) is 44.4 Å². The lowest BCUT2D eigenvalue weighted by Gasteiger charge is -2.23. The molecule has 5 nitrogen and oxygen atoms in total. The molecule has 0 N–H and O–H groups in total.